The summed E-state index contributed by atoms with van der Waals surface area (Å²) >= 11 is 1.49. The summed E-state index contributed by atoms with van der Waals surface area (Å²) in [7, 11) is 0. The topological polar surface area (TPSA) is 79.3 Å². The van der Waals surface area contributed by atoms with Gasteiger partial charge in [-0.05, 0) is 25.8 Å². The molecule has 0 aliphatic rings. The number of amides is 1. The van der Waals surface area contributed by atoms with E-state index in [0.717, 1.165) is 21.8 Å². The number of thiazole rings is 1. The Morgan fingerprint density at radius 3 is 2.74 bits per heavy atom. The molecule has 23 heavy (non-hydrogen) atoms. The van der Waals surface area contributed by atoms with E-state index in [-0.39, 0.29) is 18.9 Å². The Hall–Kier alpha value is -2.21. The van der Waals surface area contributed by atoms with Gasteiger partial charge in [-0.3, -0.25) is 9.59 Å². The summed E-state index contributed by atoms with van der Waals surface area (Å²) in [5, 5.41) is 14.8. The van der Waals surface area contributed by atoms with Gasteiger partial charge in [0.2, 0.25) is 5.91 Å². The van der Waals surface area contributed by atoms with Gasteiger partial charge >= 0.3 is 5.97 Å². The van der Waals surface area contributed by atoms with E-state index in [1.807, 2.05) is 43.5 Å². The molecule has 0 radical (unpaired) electrons. The number of nitrogens with one attached hydrogen (secondary N) is 1. The molecule has 0 aliphatic heterocycles. The van der Waals surface area contributed by atoms with Crippen molar-refractivity contribution in [3.8, 4) is 0 Å². The number of rotatable bonds is 7. The highest BCUT2D eigenvalue weighted by Gasteiger charge is 2.19. The highest BCUT2D eigenvalue weighted by atomic mass is 32.1. The first kappa shape index (κ1) is 17.1. The van der Waals surface area contributed by atoms with Gasteiger partial charge in [-0.25, -0.2) is 4.98 Å². The predicted molar refractivity (Wildman–Crippen MR) is 89.6 cm³/mol. The summed E-state index contributed by atoms with van der Waals surface area (Å²) in [4.78, 5) is 27.5. The molecule has 1 aromatic carbocycles. The van der Waals surface area contributed by atoms with Crippen molar-refractivity contribution in [3.05, 3.63) is 51.5 Å². The third kappa shape index (κ3) is 5.49. The smallest absolute Gasteiger partial charge is 0.308 e. The summed E-state index contributed by atoms with van der Waals surface area (Å²) in [6, 6.07) is 7.75. The van der Waals surface area contributed by atoms with E-state index in [1.165, 1.54) is 11.3 Å². The van der Waals surface area contributed by atoms with E-state index in [1.54, 1.807) is 0 Å². The molecule has 2 rings (SSSR count). The Kier molecular flexibility index (Phi) is 5.87. The number of carboxylic acid groups (broad SMARTS) is 1. The molecule has 1 amide bonds. The lowest BCUT2D eigenvalue weighted by atomic mass is 9.98. The quantitative estimate of drug-likeness (QED) is 0.816. The second kappa shape index (κ2) is 7.87. The fraction of sp³-hybridized carbons (Fsp3) is 0.353. The van der Waals surface area contributed by atoms with Crippen LogP contribution < -0.4 is 5.32 Å². The second-order valence-electron chi connectivity index (χ2n) is 5.57. The lowest BCUT2D eigenvalue weighted by Gasteiger charge is -2.13. The van der Waals surface area contributed by atoms with Gasteiger partial charge in [0, 0.05) is 11.9 Å². The van der Waals surface area contributed by atoms with Crippen molar-refractivity contribution < 1.29 is 14.7 Å². The molecule has 0 spiro atoms. The molecule has 6 heteroatoms. The van der Waals surface area contributed by atoms with Crippen LogP contribution in [-0.4, -0.2) is 28.5 Å². The molecule has 1 heterocycles. The molecule has 1 aromatic heterocycles. The highest BCUT2D eigenvalue weighted by Crippen LogP contribution is 2.12. The first-order chi connectivity index (χ1) is 10.9. The summed E-state index contributed by atoms with van der Waals surface area (Å²) in [5.41, 5.74) is 2.77. The second-order valence-corrected chi connectivity index (χ2v) is 6.63. The zero-order valence-electron chi connectivity index (χ0n) is 13.2. The van der Waals surface area contributed by atoms with Crippen molar-refractivity contribution in [2.45, 2.75) is 26.7 Å². The molecule has 0 unspecified atom stereocenters. The fourth-order valence-electron chi connectivity index (χ4n) is 2.32. The third-order valence-corrected chi connectivity index (χ3v) is 4.29. The number of nitrogens with zero attached hydrogens (tertiary/aromatic N) is 1. The van der Waals surface area contributed by atoms with Gasteiger partial charge in [0.15, 0.2) is 0 Å². The van der Waals surface area contributed by atoms with E-state index < -0.39 is 11.9 Å². The van der Waals surface area contributed by atoms with Crippen molar-refractivity contribution >= 4 is 23.2 Å². The standard InChI is InChI=1S/C17H20N2O3S/c1-11-4-3-5-13(6-11)7-14(17(21)22)9-18-16(20)8-15-10-23-12(2)19-15/h3-6,10,14H,7-9H2,1-2H3,(H,18,20)(H,21,22)/t14-/m0/s1. The van der Waals surface area contributed by atoms with Crippen LogP contribution in [-0.2, 0) is 22.4 Å². The molecule has 2 N–H and O–H groups in total. The Labute approximate surface area is 139 Å². The van der Waals surface area contributed by atoms with Crippen molar-refractivity contribution in [2.75, 3.05) is 6.54 Å². The number of benzene rings is 1. The lowest BCUT2D eigenvalue weighted by molar-refractivity contribution is -0.141. The van der Waals surface area contributed by atoms with E-state index in [9.17, 15) is 14.7 Å². The van der Waals surface area contributed by atoms with Gasteiger partial charge in [0.25, 0.3) is 0 Å². The Bertz CT molecular complexity index is 697. The van der Waals surface area contributed by atoms with E-state index >= 15 is 0 Å². The number of carbonyl (C=O) groups is 2. The average molecular weight is 332 g/mol. The van der Waals surface area contributed by atoms with Gasteiger partial charge in [0.1, 0.15) is 0 Å². The normalized spacial score (nSPS) is 11.9. The maximum absolute atomic E-state index is 11.9. The molecule has 122 valence electrons. The molecule has 0 saturated heterocycles. The maximum Gasteiger partial charge on any atom is 0.308 e. The minimum absolute atomic E-state index is 0.116. The number of carboxylic acids is 1. The summed E-state index contributed by atoms with van der Waals surface area (Å²) in [6.07, 6.45) is 0.578. The van der Waals surface area contributed by atoms with Crippen molar-refractivity contribution in [1.82, 2.24) is 10.3 Å². The number of carbonyl (C=O) groups excluding carboxylic acids is 1. The van der Waals surface area contributed by atoms with E-state index in [2.05, 4.69) is 10.3 Å². The van der Waals surface area contributed by atoms with Crippen LogP contribution in [0.5, 0.6) is 0 Å². The molecule has 2 aromatic rings. The predicted octanol–water partition coefficient (Wildman–Crippen LogP) is 2.36. The third-order valence-electron chi connectivity index (χ3n) is 3.47. The number of hydrogen-bond donors (Lipinski definition) is 2. The summed E-state index contributed by atoms with van der Waals surface area (Å²) in [5.74, 6) is -1.75. The van der Waals surface area contributed by atoms with Gasteiger partial charge < -0.3 is 10.4 Å². The highest BCUT2D eigenvalue weighted by molar-refractivity contribution is 7.09. The van der Waals surface area contributed by atoms with Gasteiger partial charge in [-0.2, -0.15) is 0 Å². The van der Waals surface area contributed by atoms with Crippen LogP contribution in [0, 0.1) is 19.8 Å². The molecule has 1 atom stereocenters. The lowest BCUT2D eigenvalue weighted by Crippen LogP contribution is -2.35. The first-order valence-corrected chi connectivity index (χ1v) is 8.28. The molecule has 0 saturated carbocycles. The molecular weight excluding hydrogens is 312 g/mol. The molecule has 0 aliphatic carbocycles. The van der Waals surface area contributed by atoms with Gasteiger partial charge in [-0.1, -0.05) is 29.8 Å². The SMILES string of the molecule is Cc1cccc(C[C@@H](CNC(=O)Cc2csc(C)n2)C(=O)O)c1. The Morgan fingerprint density at radius 2 is 2.13 bits per heavy atom. The van der Waals surface area contributed by atoms with Crippen LogP contribution in [0.1, 0.15) is 21.8 Å². The number of aryl methyl sites for hydroxylation is 2. The summed E-state index contributed by atoms with van der Waals surface area (Å²) < 4.78 is 0. The van der Waals surface area contributed by atoms with Gasteiger partial charge in [-0.15, -0.1) is 11.3 Å². The van der Waals surface area contributed by atoms with Crippen molar-refractivity contribution in [3.63, 3.8) is 0 Å². The zero-order valence-corrected chi connectivity index (χ0v) is 14.0. The van der Waals surface area contributed by atoms with Crippen LogP contribution in [0.3, 0.4) is 0 Å². The van der Waals surface area contributed by atoms with E-state index in [4.69, 9.17) is 0 Å². The van der Waals surface area contributed by atoms with Gasteiger partial charge in [0.05, 0.1) is 23.0 Å². The van der Waals surface area contributed by atoms with Crippen LogP contribution in [0.25, 0.3) is 0 Å². The first-order valence-electron chi connectivity index (χ1n) is 7.40. The minimum Gasteiger partial charge on any atom is -0.481 e. The number of aromatic nitrogens is 1. The van der Waals surface area contributed by atoms with Crippen LogP contribution >= 0.6 is 11.3 Å². The van der Waals surface area contributed by atoms with Crippen molar-refractivity contribution in [2.24, 2.45) is 5.92 Å². The average Bonchev–Trinajstić information content (AvgIpc) is 2.88. The monoisotopic (exact) mass is 332 g/mol. The molecule has 0 bridgehead atoms. The van der Waals surface area contributed by atoms with Crippen LogP contribution in [0.2, 0.25) is 0 Å². The Balaban J connectivity index is 1.89. The number of hydrogen-bond acceptors (Lipinski definition) is 4. The summed E-state index contributed by atoms with van der Waals surface area (Å²) in [6.45, 7) is 3.97. The van der Waals surface area contributed by atoms with Crippen LogP contribution in [0.4, 0.5) is 0 Å². The van der Waals surface area contributed by atoms with Crippen LogP contribution in [0.15, 0.2) is 29.6 Å². The zero-order chi connectivity index (χ0) is 16.8. The Morgan fingerprint density at radius 1 is 1.35 bits per heavy atom. The molecular formula is C17H20N2O3S. The number of aliphatic carboxylic acids is 1. The molecule has 5 nitrogen and oxygen atoms in total. The fourth-order valence-corrected chi connectivity index (χ4v) is 2.94. The maximum atomic E-state index is 11.9. The molecule has 0 fully saturated rings. The minimum atomic E-state index is -0.906. The van der Waals surface area contributed by atoms with E-state index in [0.29, 0.717) is 6.42 Å². The van der Waals surface area contributed by atoms with Crippen molar-refractivity contribution in [1.29, 1.82) is 0 Å². The largest absolute Gasteiger partial charge is 0.481 e.